The van der Waals surface area contributed by atoms with E-state index in [1.807, 2.05) is 0 Å². The molecule has 2 aromatic carbocycles. The minimum absolute atomic E-state index is 0.226. The Labute approximate surface area is 157 Å². The van der Waals surface area contributed by atoms with Gasteiger partial charge in [0.2, 0.25) is 0 Å². The molecule has 142 valence electrons. The number of amides is 2. The lowest BCUT2D eigenvalue weighted by Crippen LogP contribution is -2.33. The van der Waals surface area contributed by atoms with Crippen LogP contribution in [-0.2, 0) is 4.74 Å². The molecule has 0 aromatic heterocycles. The predicted molar refractivity (Wildman–Crippen MR) is 102 cm³/mol. The topological polar surface area (TPSA) is 67.9 Å². The van der Waals surface area contributed by atoms with Crippen molar-refractivity contribution in [1.29, 1.82) is 0 Å². The van der Waals surface area contributed by atoms with Crippen LogP contribution in [0.1, 0.15) is 13.8 Å². The van der Waals surface area contributed by atoms with Gasteiger partial charge in [0, 0.05) is 24.0 Å². The molecule has 2 rings (SSSR count). The van der Waals surface area contributed by atoms with Crippen molar-refractivity contribution >= 4 is 23.6 Å². The second-order valence-corrected chi connectivity index (χ2v) is 5.59. The van der Waals surface area contributed by atoms with E-state index in [0.717, 1.165) is 0 Å². The number of hydrogen-bond donors (Lipinski definition) is 1. The van der Waals surface area contributed by atoms with Gasteiger partial charge in [-0.15, -0.1) is 0 Å². The Morgan fingerprint density at radius 3 is 2.67 bits per heavy atom. The van der Waals surface area contributed by atoms with Gasteiger partial charge in [0.15, 0.2) is 0 Å². The largest absolute Gasteiger partial charge is 0.442 e. The molecule has 0 bridgehead atoms. The number of ether oxygens (including phenoxy) is 2. The van der Waals surface area contributed by atoms with Crippen LogP contribution >= 0.6 is 0 Å². The predicted octanol–water partition coefficient (Wildman–Crippen LogP) is 4.97. The fourth-order valence-corrected chi connectivity index (χ4v) is 2.22. The molecule has 0 heterocycles. The molecule has 7 heteroatoms. The average Bonchev–Trinajstić information content (AvgIpc) is 2.62. The van der Waals surface area contributed by atoms with Gasteiger partial charge in [-0.1, -0.05) is 24.8 Å². The third kappa shape index (κ3) is 5.85. The number of anilines is 2. The van der Waals surface area contributed by atoms with E-state index in [4.69, 9.17) is 9.47 Å². The number of carbonyl (C=O) groups is 2. The quantitative estimate of drug-likeness (QED) is 0.727. The molecule has 1 unspecified atom stereocenters. The van der Waals surface area contributed by atoms with Gasteiger partial charge in [-0.05, 0) is 44.2 Å². The van der Waals surface area contributed by atoms with Crippen LogP contribution in [0.5, 0.6) is 5.75 Å². The van der Waals surface area contributed by atoms with Crippen LogP contribution in [0.3, 0.4) is 0 Å². The third-order valence-electron chi connectivity index (χ3n) is 3.57. The summed E-state index contributed by atoms with van der Waals surface area (Å²) in [5.41, 5.74) is 0.786. The highest BCUT2D eigenvalue weighted by Gasteiger charge is 2.17. The van der Waals surface area contributed by atoms with Crippen molar-refractivity contribution in [3.05, 3.63) is 67.0 Å². The van der Waals surface area contributed by atoms with Gasteiger partial charge < -0.3 is 9.47 Å². The maximum atomic E-state index is 13.4. The van der Waals surface area contributed by atoms with Gasteiger partial charge in [-0.25, -0.2) is 14.0 Å². The zero-order chi connectivity index (χ0) is 19.8. The summed E-state index contributed by atoms with van der Waals surface area (Å²) in [5.74, 6) is -0.221. The Morgan fingerprint density at radius 2 is 2.00 bits per heavy atom. The summed E-state index contributed by atoms with van der Waals surface area (Å²) in [5, 5.41) is 2.54. The molecule has 0 aliphatic carbocycles. The van der Waals surface area contributed by atoms with E-state index in [1.165, 1.54) is 35.2 Å². The number of rotatable bonds is 6. The Kier molecular flexibility index (Phi) is 6.93. The van der Waals surface area contributed by atoms with Crippen molar-refractivity contribution in [3.8, 4) is 5.75 Å². The molecule has 0 spiro atoms. The molecular weight excluding hydrogens is 351 g/mol. The second kappa shape index (κ2) is 9.38. The van der Waals surface area contributed by atoms with Gasteiger partial charge >= 0.3 is 12.2 Å². The monoisotopic (exact) mass is 372 g/mol. The first-order valence-electron chi connectivity index (χ1n) is 8.38. The summed E-state index contributed by atoms with van der Waals surface area (Å²) in [6.07, 6.45) is -0.261. The van der Waals surface area contributed by atoms with Crippen molar-refractivity contribution in [3.63, 3.8) is 0 Å². The Bertz CT molecular complexity index is 825. The molecule has 2 amide bonds. The summed E-state index contributed by atoms with van der Waals surface area (Å²) in [6.45, 7) is 7.26. The molecule has 0 radical (unpaired) electrons. The normalized spacial score (nSPS) is 11.2. The minimum atomic E-state index is -0.664. The Balaban J connectivity index is 2.07. The first kappa shape index (κ1) is 20.0. The summed E-state index contributed by atoms with van der Waals surface area (Å²) >= 11 is 0. The second-order valence-electron chi connectivity index (χ2n) is 5.59. The molecule has 0 saturated heterocycles. The van der Waals surface area contributed by atoms with Crippen molar-refractivity contribution < 1.29 is 23.5 Å². The smallest absolute Gasteiger partial charge is 0.419 e. The number of halogens is 1. The molecule has 1 atom stereocenters. The van der Waals surface area contributed by atoms with E-state index >= 15 is 0 Å². The first-order chi connectivity index (χ1) is 12.9. The van der Waals surface area contributed by atoms with Crippen LogP contribution in [0, 0.1) is 5.82 Å². The summed E-state index contributed by atoms with van der Waals surface area (Å²) in [4.78, 5) is 25.5. The highest BCUT2D eigenvalue weighted by atomic mass is 19.1. The van der Waals surface area contributed by atoms with Crippen LogP contribution in [0.2, 0.25) is 0 Å². The van der Waals surface area contributed by atoms with Gasteiger partial charge in [0.25, 0.3) is 0 Å². The van der Waals surface area contributed by atoms with E-state index in [-0.39, 0.29) is 5.75 Å². The van der Waals surface area contributed by atoms with Crippen LogP contribution < -0.4 is 15.0 Å². The van der Waals surface area contributed by atoms with Gasteiger partial charge in [0.05, 0.1) is 0 Å². The van der Waals surface area contributed by atoms with E-state index in [0.29, 0.717) is 17.9 Å². The van der Waals surface area contributed by atoms with Crippen molar-refractivity contribution in [2.45, 2.75) is 20.0 Å². The first-order valence-corrected chi connectivity index (χ1v) is 8.38. The number of hydrogen-bond acceptors (Lipinski definition) is 4. The van der Waals surface area contributed by atoms with Crippen molar-refractivity contribution in [1.82, 2.24) is 0 Å². The highest BCUT2D eigenvalue weighted by Crippen LogP contribution is 2.21. The van der Waals surface area contributed by atoms with Crippen LogP contribution in [0.4, 0.5) is 25.4 Å². The fourth-order valence-electron chi connectivity index (χ4n) is 2.22. The number of carbonyl (C=O) groups excluding carboxylic acids is 2. The zero-order valence-electron chi connectivity index (χ0n) is 15.1. The summed E-state index contributed by atoms with van der Waals surface area (Å²) in [7, 11) is 0. The minimum Gasteiger partial charge on any atom is -0.442 e. The van der Waals surface area contributed by atoms with Gasteiger partial charge in [0.1, 0.15) is 17.7 Å². The Morgan fingerprint density at radius 1 is 1.26 bits per heavy atom. The molecule has 0 aliphatic rings. The fraction of sp³-hybridized carbons (Fsp3) is 0.200. The number of benzene rings is 2. The molecule has 0 aliphatic heterocycles. The number of nitrogens with one attached hydrogen (secondary N) is 1. The van der Waals surface area contributed by atoms with E-state index in [1.54, 1.807) is 38.1 Å². The molecule has 0 fully saturated rings. The van der Waals surface area contributed by atoms with Crippen molar-refractivity contribution in [2.75, 3.05) is 16.8 Å². The van der Waals surface area contributed by atoms with Crippen molar-refractivity contribution in [2.24, 2.45) is 0 Å². The summed E-state index contributed by atoms with van der Waals surface area (Å²) in [6, 6.07) is 12.0. The third-order valence-corrected chi connectivity index (χ3v) is 3.57. The lowest BCUT2D eigenvalue weighted by Gasteiger charge is -2.20. The molecule has 1 N–H and O–H groups in total. The molecular formula is C20H21FN2O4. The molecule has 0 saturated carbocycles. The van der Waals surface area contributed by atoms with Gasteiger partial charge in [-0.2, -0.15) is 0 Å². The highest BCUT2D eigenvalue weighted by molar-refractivity contribution is 5.89. The lowest BCUT2D eigenvalue weighted by atomic mass is 10.3. The van der Waals surface area contributed by atoms with Crippen LogP contribution in [0.25, 0.3) is 0 Å². The SMILES string of the molecule is C=CC(C)OC(=O)Nc1cccc(OC(=O)N(CC)c2cccc(F)c2)c1. The average molecular weight is 372 g/mol. The molecule has 27 heavy (non-hydrogen) atoms. The number of nitrogens with zero attached hydrogens (tertiary/aromatic N) is 1. The Hall–Kier alpha value is -3.35. The van der Waals surface area contributed by atoms with Gasteiger partial charge in [-0.3, -0.25) is 10.2 Å². The van der Waals surface area contributed by atoms with E-state index in [9.17, 15) is 14.0 Å². The zero-order valence-corrected chi connectivity index (χ0v) is 15.1. The van der Waals surface area contributed by atoms with E-state index in [2.05, 4.69) is 11.9 Å². The lowest BCUT2D eigenvalue weighted by molar-refractivity contribution is 0.142. The maximum Gasteiger partial charge on any atom is 0.419 e. The standard InChI is InChI=1S/C20H21FN2O4/c1-4-14(3)26-19(24)22-16-9-7-11-18(13-16)27-20(25)23(5-2)17-10-6-8-15(21)12-17/h4,6-14H,1,5H2,2-3H3,(H,22,24). The molecule has 2 aromatic rings. The maximum absolute atomic E-state index is 13.4. The molecule has 6 nitrogen and oxygen atoms in total. The van der Waals surface area contributed by atoms with Crippen LogP contribution in [-0.4, -0.2) is 24.8 Å². The van der Waals surface area contributed by atoms with E-state index < -0.39 is 24.1 Å². The summed E-state index contributed by atoms with van der Waals surface area (Å²) < 4.78 is 23.8. The van der Waals surface area contributed by atoms with Crippen LogP contribution in [0.15, 0.2) is 61.2 Å².